The van der Waals surface area contributed by atoms with Crippen LogP contribution in [0.15, 0.2) is 6.07 Å². The predicted molar refractivity (Wildman–Crippen MR) is 54.5 cm³/mol. The van der Waals surface area contributed by atoms with E-state index in [0.29, 0.717) is 18.5 Å². The molecule has 0 aromatic heterocycles. The molecule has 1 N–H and O–H groups in total. The topological polar surface area (TPSA) is 12.0 Å². The van der Waals surface area contributed by atoms with E-state index in [1.807, 2.05) is 22.6 Å². The smallest absolute Gasteiger partial charge is 0.162 e. The average Bonchev–Trinajstić information content (AvgIpc) is 2.15. The summed E-state index contributed by atoms with van der Waals surface area (Å²) in [5.41, 5.74) is 1.45. The van der Waals surface area contributed by atoms with E-state index in [1.54, 1.807) is 0 Å². The first kappa shape index (κ1) is 9.33. The van der Waals surface area contributed by atoms with Crippen LogP contribution in [0.2, 0.25) is 0 Å². The SMILES string of the molecule is Fc1cc(I)c2c(c1F)CCNC2. The van der Waals surface area contributed by atoms with Gasteiger partial charge in [-0.1, -0.05) is 0 Å². The lowest BCUT2D eigenvalue weighted by Crippen LogP contribution is -2.26. The van der Waals surface area contributed by atoms with Crippen LogP contribution >= 0.6 is 22.6 Å². The van der Waals surface area contributed by atoms with E-state index < -0.39 is 11.6 Å². The molecular weight excluding hydrogens is 287 g/mol. The molecule has 0 saturated heterocycles. The minimum Gasteiger partial charge on any atom is -0.312 e. The fourth-order valence-corrected chi connectivity index (χ4v) is 2.35. The van der Waals surface area contributed by atoms with E-state index in [1.165, 1.54) is 6.07 Å². The molecule has 1 aromatic carbocycles. The number of rotatable bonds is 0. The van der Waals surface area contributed by atoms with Gasteiger partial charge in [0.15, 0.2) is 11.6 Å². The van der Waals surface area contributed by atoms with Gasteiger partial charge in [-0.25, -0.2) is 8.78 Å². The number of fused-ring (bicyclic) bond motifs is 1. The summed E-state index contributed by atoms with van der Waals surface area (Å²) in [5, 5.41) is 3.13. The lowest BCUT2D eigenvalue weighted by Gasteiger charge is -2.19. The zero-order chi connectivity index (χ0) is 9.42. The standard InChI is InChI=1S/C9H8F2IN/c10-7-3-8(12)6-4-13-2-1-5(6)9(7)11/h3,13H,1-2,4H2. The van der Waals surface area contributed by atoms with Crippen LogP contribution in [0.5, 0.6) is 0 Å². The van der Waals surface area contributed by atoms with Gasteiger partial charge in [0.25, 0.3) is 0 Å². The fraction of sp³-hybridized carbons (Fsp3) is 0.333. The van der Waals surface area contributed by atoms with Gasteiger partial charge in [-0.3, -0.25) is 0 Å². The van der Waals surface area contributed by atoms with Crippen molar-refractivity contribution in [2.24, 2.45) is 0 Å². The molecule has 70 valence electrons. The lowest BCUT2D eigenvalue weighted by molar-refractivity contribution is 0.484. The third kappa shape index (κ3) is 1.57. The summed E-state index contributed by atoms with van der Waals surface area (Å²) >= 11 is 2.04. The van der Waals surface area contributed by atoms with Crippen molar-refractivity contribution in [3.8, 4) is 0 Å². The normalized spacial score (nSPS) is 15.6. The van der Waals surface area contributed by atoms with Crippen molar-refractivity contribution in [1.29, 1.82) is 0 Å². The van der Waals surface area contributed by atoms with E-state index in [9.17, 15) is 8.78 Å². The van der Waals surface area contributed by atoms with Gasteiger partial charge < -0.3 is 5.32 Å². The van der Waals surface area contributed by atoms with Crippen LogP contribution in [0, 0.1) is 15.2 Å². The summed E-state index contributed by atoms with van der Waals surface area (Å²) in [5.74, 6) is -1.40. The third-order valence-corrected chi connectivity index (χ3v) is 3.20. The largest absolute Gasteiger partial charge is 0.312 e. The van der Waals surface area contributed by atoms with Gasteiger partial charge in [0.05, 0.1) is 0 Å². The maximum Gasteiger partial charge on any atom is 0.162 e. The highest BCUT2D eigenvalue weighted by Gasteiger charge is 2.19. The highest BCUT2D eigenvalue weighted by atomic mass is 127. The molecule has 2 rings (SSSR count). The first-order valence-corrected chi connectivity index (χ1v) is 5.14. The molecule has 0 bridgehead atoms. The Kier molecular flexibility index (Phi) is 2.51. The summed E-state index contributed by atoms with van der Waals surface area (Å²) < 4.78 is 27.0. The van der Waals surface area contributed by atoms with Crippen molar-refractivity contribution in [3.63, 3.8) is 0 Å². The van der Waals surface area contributed by atoms with E-state index in [4.69, 9.17) is 0 Å². The van der Waals surface area contributed by atoms with Gasteiger partial charge in [-0.05, 0) is 52.7 Å². The lowest BCUT2D eigenvalue weighted by atomic mass is 10.0. The number of hydrogen-bond acceptors (Lipinski definition) is 1. The molecule has 0 radical (unpaired) electrons. The fourth-order valence-electron chi connectivity index (χ4n) is 1.56. The molecule has 4 heteroatoms. The molecule has 0 fully saturated rings. The molecule has 0 amide bonds. The van der Waals surface area contributed by atoms with E-state index in [-0.39, 0.29) is 0 Å². The second-order valence-electron chi connectivity index (χ2n) is 3.04. The van der Waals surface area contributed by atoms with E-state index in [0.717, 1.165) is 15.7 Å². The predicted octanol–water partition coefficient (Wildman–Crippen LogP) is 2.22. The minimum atomic E-state index is -0.731. The van der Waals surface area contributed by atoms with Crippen molar-refractivity contribution in [3.05, 3.63) is 32.4 Å². The monoisotopic (exact) mass is 295 g/mol. The Hall–Kier alpha value is -0.230. The van der Waals surface area contributed by atoms with Gasteiger partial charge in [0.1, 0.15) is 0 Å². The van der Waals surface area contributed by atoms with E-state index >= 15 is 0 Å². The number of halogens is 3. The van der Waals surface area contributed by atoms with Crippen LogP contribution in [0.25, 0.3) is 0 Å². The van der Waals surface area contributed by atoms with Crippen LogP contribution in [0.4, 0.5) is 8.78 Å². The Morgan fingerprint density at radius 3 is 2.85 bits per heavy atom. The first-order valence-electron chi connectivity index (χ1n) is 4.06. The molecule has 0 saturated carbocycles. The maximum absolute atomic E-state index is 13.3. The third-order valence-electron chi connectivity index (χ3n) is 2.23. The molecule has 0 unspecified atom stereocenters. The molecule has 0 atom stereocenters. The second kappa shape index (κ2) is 3.49. The second-order valence-corrected chi connectivity index (χ2v) is 4.20. The molecule has 1 nitrogen and oxygen atoms in total. The van der Waals surface area contributed by atoms with Gasteiger partial charge in [0.2, 0.25) is 0 Å². The molecule has 1 aromatic rings. The van der Waals surface area contributed by atoms with Crippen LogP contribution in [0.3, 0.4) is 0 Å². The van der Waals surface area contributed by atoms with Crippen molar-refractivity contribution >= 4 is 22.6 Å². The summed E-state index contributed by atoms with van der Waals surface area (Å²) in [7, 11) is 0. The number of nitrogens with one attached hydrogen (secondary N) is 1. The van der Waals surface area contributed by atoms with Crippen LogP contribution in [0.1, 0.15) is 11.1 Å². The molecule has 0 aliphatic carbocycles. The zero-order valence-electron chi connectivity index (χ0n) is 6.83. The van der Waals surface area contributed by atoms with Gasteiger partial charge in [-0.2, -0.15) is 0 Å². The molecule has 1 heterocycles. The highest BCUT2D eigenvalue weighted by molar-refractivity contribution is 14.1. The molecular formula is C9H8F2IN. The van der Waals surface area contributed by atoms with Crippen LogP contribution in [-0.4, -0.2) is 6.54 Å². The van der Waals surface area contributed by atoms with Crippen molar-refractivity contribution in [2.75, 3.05) is 6.54 Å². The molecule has 0 spiro atoms. The number of hydrogen-bond donors (Lipinski definition) is 1. The Morgan fingerprint density at radius 2 is 2.08 bits per heavy atom. The van der Waals surface area contributed by atoms with Gasteiger partial charge in [-0.15, -0.1) is 0 Å². The first-order chi connectivity index (χ1) is 6.20. The van der Waals surface area contributed by atoms with Gasteiger partial charge >= 0.3 is 0 Å². The maximum atomic E-state index is 13.3. The zero-order valence-corrected chi connectivity index (χ0v) is 8.99. The van der Waals surface area contributed by atoms with Crippen molar-refractivity contribution < 1.29 is 8.78 Å². The average molecular weight is 295 g/mol. The van der Waals surface area contributed by atoms with Gasteiger partial charge in [0, 0.05) is 10.1 Å². The van der Waals surface area contributed by atoms with Crippen molar-refractivity contribution in [2.45, 2.75) is 13.0 Å². The highest BCUT2D eigenvalue weighted by Crippen LogP contribution is 2.25. The van der Waals surface area contributed by atoms with Crippen LogP contribution in [-0.2, 0) is 13.0 Å². The Morgan fingerprint density at radius 1 is 1.31 bits per heavy atom. The Labute approximate surface area is 88.7 Å². The Bertz CT molecular complexity index is 352. The summed E-state index contributed by atoms with van der Waals surface area (Å²) in [4.78, 5) is 0. The molecule has 1 aliphatic heterocycles. The van der Waals surface area contributed by atoms with E-state index in [2.05, 4.69) is 5.32 Å². The quantitative estimate of drug-likeness (QED) is 0.571. The number of benzene rings is 1. The summed E-state index contributed by atoms with van der Waals surface area (Å²) in [6.45, 7) is 1.37. The summed E-state index contributed by atoms with van der Waals surface area (Å²) in [6.07, 6.45) is 0.578. The minimum absolute atomic E-state index is 0.545. The Balaban J connectivity index is 2.63. The summed E-state index contributed by atoms with van der Waals surface area (Å²) in [6, 6.07) is 1.25. The molecule has 1 aliphatic rings. The molecule has 13 heavy (non-hydrogen) atoms. The van der Waals surface area contributed by atoms with Crippen molar-refractivity contribution in [1.82, 2.24) is 5.32 Å². The van der Waals surface area contributed by atoms with Crippen LogP contribution < -0.4 is 5.32 Å².